The summed E-state index contributed by atoms with van der Waals surface area (Å²) in [5, 5.41) is 5.51. The predicted octanol–water partition coefficient (Wildman–Crippen LogP) is 2.33. The van der Waals surface area contributed by atoms with Crippen LogP contribution in [0.3, 0.4) is 0 Å². The highest BCUT2D eigenvalue weighted by Gasteiger charge is 2.49. The van der Waals surface area contributed by atoms with Crippen LogP contribution >= 0.6 is 0 Å². The maximum atomic E-state index is 12.8. The van der Waals surface area contributed by atoms with Gasteiger partial charge >= 0.3 is 6.03 Å². The molecular weight excluding hydrogens is 330 g/mol. The molecule has 1 fully saturated rings. The van der Waals surface area contributed by atoms with Crippen LogP contribution in [0.5, 0.6) is 0 Å². The van der Waals surface area contributed by atoms with Gasteiger partial charge in [0.2, 0.25) is 5.91 Å². The summed E-state index contributed by atoms with van der Waals surface area (Å²) < 4.78 is 0. The summed E-state index contributed by atoms with van der Waals surface area (Å²) in [4.78, 5) is 38.4. The quantitative estimate of drug-likeness (QED) is 0.812. The lowest BCUT2D eigenvalue weighted by Crippen LogP contribution is -2.43. The van der Waals surface area contributed by atoms with E-state index in [9.17, 15) is 14.4 Å². The van der Waals surface area contributed by atoms with Crippen LogP contribution in [0.4, 0.5) is 4.79 Å². The second-order valence-electron chi connectivity index (χ2n) is 6.51. The summed E-state index contributed by atoms with van der Waals surface area (Å²) in [6, 6.07) is 17.7. The molecule has 1 saturated heterocycles. The van der Waals surface area contributed by atoms with Crippen molar-refractivity contribution in [2.45, 2.75) is 25.4 Å². The zero-order chi connectivity index (χ0) is 18.7. The number of hydrogen-bond acceptors (Lipinski definition) is 3. The van der Waals surface area contributed by atoms with Gasteiger partial charge in [-0.05, 0) is 25.0 Å². The van der Waals surface area contributed by atoms with Crippen molar-refractivity contribution in [3.05, 3.63) is 71.8 Å². The number of rotatable bonds is 5. The molecule has 0 radical (unpaired) electrons. The van der Waals surface area contributed by atoms with Crippen molar-refractivity contribution in [3.63, 3.8) is 0 Å². The highest BCUT2D eigenvalue weighted by atomic mass is 16.2. The summed E-state index contributed by atoms with van der Waals surface area (Å²) in [5.74, 6) is -0.821. The third kappa shape index (κ3) is 3.31. The van der Waals surface area contributed by atoms with E-state index in [1.54, 1.807) is 31.2 Å². The van der Waals surface area contributed by atoms with Gasteiger partial charge in [0.25, 0.3) is 5.91 Å². The third-order valence-corrected chi connectivity index (χ3v) is 4.60. The lowest BCUT2D eigenvalue weighted by Gasteiger charge is -2.22. The van der Waals surface area contributed by atoms with Crippen molar-refractivity contribution in [1.82, 2.24) is 15.5 Å². The number of carbonyl (C=O) groups is 3. The molecule has 6 heteroatoms. The van der Waals surface area contributed by atoms with Crippen molar-refractivity contribution < 1.29 is 14.4 Å². The van der Waals surface area contributed by atoms with Gasteiger partial charge in [0, 0.05) is 0 Å². The van der Waals surface area contributed by atoms with Gasteiger partial charge in [-0.2, -0.15) is 0 Å². The number of urea groups is 1. The number of nitrogens with one attached hydrogen (secondary N) is 2. The number of carbonyl (C=O) groups excluding carboxylic acids is 3. The molecule has 3 rings (SSSR count). The molecule has 0 saturated carbocycles. The minimum absolute atomic E-state index is 0.218. The molecule has 26 heavy (non-hydrogen) atoms. The van der Waals surface area contributed by atoms with E-state index < -0.39 is 17.5 Å². The summed E-state index contributed by atoms with van der Waals surface area (Å²) >= 11 is 0. The van der Waals surface area contributed by atoms with Crippen LogP contribution < -0.4 is 10.6 Å². The van der Waals surface area contributed by atoms with Crippen molar-refractivity contribution in [2.24, 2.45) is 0 Å². The minimum atomic E-state index is -1.16. The van der Waals surface area contributed by atoms with Crippen LogP contribution in [0.25, 0.3) is 0 Å². The van der Waals surface area contributed by atoms with Crippen molar-refractivity contribution >= 4 is 17.8 Å². The molecule has 4 amide bonds. The van der Waals surface area contributed by atoms with E-state index in [2.05, 4.69) is 10.6 Å². The van der Waals surface area contributed by atoms with Crippen LogP contribution in [-0.2, 0) is 15.1 Å². The van der Waals surface area contributed by atoms with Crippen molar-refractivity contribution in [1.29, 1.82) is 0 Å². The van der Waals surface area contributed by atoms with Gasteiger partial charge in [-0.3, -0.25) is 14.5 Å². The Kier molecular flexibility index (Phi) is 4.75. The third-order valence-electron chi connectivity index (χ3n) is 4.60. The number of benzene rings is 2. The van der Waals surface area contributed by atoms with E-state index in [1.165, 1.54) is 0 Å². The topological polar surface area (TPSA) is 78.5 Å². The summed E-state index contributed by atoms with van der Waals surface area (Å²) in [6.45, 7) is 3.19. The fourth-order valence-corrected chi connectivity index (χ4v) is 3.06. The molecule has 1 aliphatic heterocycles. The smallest absolute Gasteiger partial charge is 0.325 e. The van der Waals surface area contributed by atoms with Gasteiger partial charge in [-0.15, -0.1) is 0 Å². The molecule has 0 bridgehead atoms. The Hall–Kier alpha value is -3.15. The maximum Gasteiger partial charge on any atom is 0.325 e. The zero-order valence-electron chi connectivity index (χ0n) is 14.7. The molecule has 2 aromatic rings. The monoisotopic (exact) mass is 351 g/mol. The molecule has 0 aromatic heterocycles. The first kappa shape index (κ1) is 17.7. The standard InChI is InChI=1S/C20H21N3O3/c1-14(15-9-5-3-6-10-15)21-17(24)13-23-18(25)20(2,22-19(23)26)16-11-7-4-8-12-16/h3-12,14H,13H2,1-2H3,(H,21,24)(H,22,26)/t14-,20-/m1/s1. The first-order valence-corrected chi connectivity index (χ1v) is 8.46. The highest BCUT2D eigenvalue weighted by Crippen LogP contribution is 2.28. The molecule has 2 aromatic carbocycles. The molecular formula is C20H21N3O3. The summed E-state index contributed by atoms with van der Waals surface area (Å²) in [5.41, 5.74) is 0.468. The Morgan fingerprint density at radius 1 is 1.08 bits per heavy atom. The Morgan fingerprint density at radius 2 is 1.65 bits per heavy atom. The van der Waals surface area contributed by atoms with Crippen LogP contribution in [0.2, 0.25) is 0 Å². The van der Waals surface area contributed by atoms with E-state index in [0.717, 1.165) is 10.5 Å². The van der Waals surface area contributed by atoms with Crippen LogP contribution in [0, 0.1) is 0 Å². The van der Waals surface area contributed by atoms with E-state index >= 15 is 0 Å². The van der Waals surface area contributed by atoms with Crippen LogP contribution in [0.15, 0.2) is 60.7 Å². The number of hydrogen-bond donors (Lipinski definition) is 2. The molecule has 6 nitrogen and oxygen atoms in total. The van der Waals surface area contributed by atoms with Gasteiger partial charge in [0.1, 0.15) is 12.1 Å². The van der Waals surface area contributed by atoms with E-state index in [1.807, 2.05) is 43.3 Å². The second kappa shape index (κ2) is 7.00. The molecule has 2 N–H and O–H groups in total. The second-order valence-corrected chi connectivity index (χ2v) is 6.51. The lowest BCUT2D eigenvalue weighted by atomic mass is 9.92. The van der Waals surface area contributed by atoms with Crippen molar-refractivity contribution in [2.75, 3.05) is 6.54 Å². The number of nitrogens with zero attached hydrogens (tertiary/aromatic N) is 1. The summed E-state index contributed by atoms with van der Waals surface area (Å²) in [7, 11) is 0. The number of amides is 4. The van der Waals surface area contributed by atoms with Gasteiger partial charge in [0.05, 0.1) is 6.04 Å². The zero-order valence-corrected chi connectivity index (χ0v) is 14.7. The Morgan fingerprint density at radius 3 is 2.27 bits per heavy atom. The first-order chi connectivity index (χ1) is 12.4. The summed E-state index contributed by atoms with van der Waals surface area (Å²) in [6.07, 6.45) is 0. The average Bonchev–Trinajstić information content (AvgIpc) is 2.87. The van der Waals surface area contributed by atoms with Gasteiger partial charge in [0.15, 0.2) is 0 Å². The molecule has 0 unspecified atom stereocenters. The van der Waals surface area contributed by atoms with E-state index in [-0.39, 0.29) is 18.5 Å². The Bertz CT molecular complexity index is 823. The molecule has 2 atom stereocenters. The first-order valence-electron chi connectivity index (χ1n) is 8.46. The van der Waals surface area contributed by atoms with Gasteiger partial charge in [-0.1, -0.05) is 60.7 Å². The average molecular weight is 351 g/mol. The fourth-order valence-electron chi connectivity index (χ4n) is 3.06. The van der Waals surface area contributed by atoms with Gasteiger partial charge < -0.3 is 10.6 Å². The van der Waals surface area contributed by atoms with Crippen LogP contribution in [-0.4, -0.2) is 29.3 Å². The number of imide groups is 1. The Labute approximate surface area is 152 Å². The fraction of sp³-hybridized carbons (Fsp3) is 0.250. The minimum Gasteiger partial charge on any atom is -0.348 e. The van der Waals surface area contributed by atoms with E-state index in [0.29, 0.717) is 5.56 Å². The molecule has 0 aliphatic carbocycles. The molecule has 0 spiro atoms. The molecule has 1 heterocycles. The predicted molar refractivity (Wildman–Crippen MR) is 97.0 cm³/mol. The highest BCUT2D eigenvalue weighted by molar-refractivity contribution is 6.09. The normalized spacial score (nSPS) is 20.6. The van der Waals surface area contributed by atoms with Crippen LogP contribution in [0.1, 0.15) is 31.0 Å². The van der Waals surface area contributed by atoms with Gasteiger partial charge in [-0.25, -0.2) is 4.79 Å². The molecule has 134 valence electrons. The van der Waals surface area contributed by atoms with E-state index in [4.69, 9.17) is 0 Å². The SMILES string of the molecule is C[C@@H](NC(=O)CN1C(=O)N[C@](C)(c2ccccc2)C1=O)c1ccccc1. The Balaban J connectivity index is 1.69. The lowest BCUT2D eigenvalue weighted by molar-refractivity contribution is -0.135. The van der Waals surface area contributed by atoms with Crippen molar-refractivity contribution in [3.8, 4) is 0 Å². The largest absolute Gasteiger partial charge is 0.348 e. The maximum absolute atomic E-state index is 12.8. The molecule has 1 aliphatic rings.